The molecule has 1 aliphatic carbocycles. The van der Waals surface area contributed by atoms with E-state index in [0.717, 1.165) is 49.7 Å². The first-order chi connectivity index (χ1) is 16.0. The van der Waals surface area contributed by atoms with Gasteiger partial charge in [0.05, 0.1) is 19.3 Å². The molecule has 8 heteroatoms. The summed E-state index contributed by atoms with van der Waals surface area (Å²) in [4.78, 5) is 18.6. The van der Waals surface area contributed by atoms with Crippen LogP contribution in [0.15, 0.2) is 41.4 Å². The molecule has 172 valence electrons. The van der Waals surface area contributed by atoms with Crippen molar-refractivity contribution in [1.29, 1.82) is 0 Å². The van der Waals surface area contributed by atoms with Crippen molar-refractivity contribution in [3.8, 4) is 5.75 Å². The number of aryl methyl sites for hydroxylation is 1. The zero-order valence-corrected chi connectivity index (χ0v) is 23.1. The fourth-order valence-electron chi connectivity index (χ4n) is 3.75. The number of rotatable bonds is 7. The van der Waals surface area contributed by atoms with Crippen molar-refractivity contribution in [3.63, 3.8) is 0 Å². The Labute approximate surface area is 223 Å². The second-order valence-corrected chi connectivity index (χ2v) is 11.0. The Balaban J connectivity index is 1.57. The lowest BCUT2D eigenvalue weighted by Crippen LogP contribution is -2.09. The van der Waals surface area contributed by atoms with E-state index in [-0.39, 0.29) is 18.4 Å². The molecular formula is C25H22FI2NO3S. The molecule has 0 N–H and O–H groups in total. The Hall–Kier alpha value is -1.53. The first kappa shape index (κ1) is 24.6. The highest BCUT2D eigenvalue weighted by Gasteiger charge is 2.26. The number of thiophene rings is 1. The summed E-state index contributed by atoms with van der Waals surface area (Å²) in [7, 11) is 0. The summed E-state index contributed by atoms with van der Waals surface area (Å²) >= 11 is 6.03. The monoisotopic (exact) mass is 689 g/mol. The Morgan fingerprint density at radius 3 is 2.64 bits per heavy atom. The molecule has 0 bridgehead atoms. The van der Waals surface area contributed by atoms with E-state index >= 15 is 0 Å². The van der Waals surface area contributed by atoms with Gasteiger partial charge in [-0.3, -0.25) is 0 Å². The molecule has 0 unspecified atom stereocenters. The predicted molar refractivity (Wildman–Crippen MR) is 147 cm³/mol. The Kier molecular flexibility index (Phi) is 8.39. The second-order valence-electron chi connectivity index (χ2n) is 7.56. The molecule has 0 spiro atoms. The van der Waals surface area contributed by atoms with E-state index in [1.165, 1.54) is 10.9 Å². The van der Waals surface area contributed by atoms with E-state index in [2.05, 4.69) is 45.2 Å². The normalized spacial score (nSPS) is 13.2. The molecule has 0 fully saturated rings. The molecular weight excluding hydrogens is 667 g/mol. The minimum absolute atomic E-state index is 0.162. The molecule has 0 aliphatic heterocycles. The van der Waals surface area contributed by atoms with Crippen LogP contribution in [0.1, 0.15) is 51.7 Å². The van der Waals surface area contributed by atoms with Crippen LogP contribution in [0.5, 0.6) is 5.75 Å². The minimum atomic E-state index is -0.287. The van der Waals surface area contributed by atoms with Gasteiger partial charge in [0.25, 0.3) is 0 Å². The van der Waals surface area contributed by atoms with E-state index in [1.54, 1.807) is 35.8 Å². The third-order valence-corrected chi connectivity index (χ3v) is 8.12. The smallest absolute Gasteiger partial charge is 0.341 e. The Morgan fingerprint density at radius 1 is 1.18 bits per heavy atom. The number of ether oxygens (including phenoxy) is 2. The van der Waals surface area contributed by atoms with Crippen LogP contribution in [0.25, 0.3) is 0 Å². The quantitative estimate of drug-likeness (QED) is 0.147. The zero-order valence-electron chi connectivity index (χ0n) is 18.0. The zero-order chi connectivity index (χ0) is 23.4. The topological polar surface area (TPSA) is 47.9 Å². The molecule has 4 nitrogen and oxygen atoms in total. The summed E-state index contributed by atoms with van der Waals surface area (Å²) in [6, 6.07) is 10.6. The van der Waals surface area contributed by atoms with Crippen molar-refractivity contribution in [1.82, 2.24) is 0 Å². The van der Waals surface area contributed by atoms with Crippen molar-refractivity contribution >= 4 is 73.7 Å². The third-order valence-electron chi connectivity index (χ3n) is 5.31. The maximum atomic E-state index is 13.9. The molecule has 33 heavy (non-hydrogen) atoms. The van der Waals surface area contributed by atoms with Crippen molar-refractivity contribution in [2.75, 3.05) is 6.61 Å². The molecule has 2 aromatic carbocycles. The lowest BCUT2D eigenvalue weighted by Gasteiger charge is -2.12. The van der Waals surface area contributed by atoms with E-state index in [4.69, 9.17) is 14.5 Å². The van der Waals surface area contributed by atoms with Gasteiger partial charge in [0, 0.05) is 16.7 Å². The first-order valence-electron chi connectivity index (χ1n) is 10.7. The molecule has 0 atom stereocenters. The van der Waals surface area contributed by atoms with Crippen molar-refractivity contribution in [2.45, 2.75) is 39.2 Å². The summed E-state index contributed by atoms with van der Waals surface area (Å²) < 4.78 is 27.0. The summed E-state index contributed by atoms with van der Waals surface area (Å²) in [5, 5.41) is 0.713. The van der Waals surface area contributed by atoms with E-state index in [1.807, 2.05) is 19.1 Å². The number of fused-ring (bicyclic) bond motifs is 1. The maximum absolute atomic E-state index is 13.9. The number of nitrogens with zero attached hydrogens (tertiary/aromatic N) is 1. The lowest BCUT2D eigenvalue weighted by atomic mass is 9.95. The third kappa shape index (κ3) is 5.76. The highest BCUT2D eigenvalue weighted by molar-refractivity contribution is 14.1. The average Bonchev–Trinajstić information content (AvgIpc) is 3.17. The molecule has 0 amide bonds. The van der Waals surface area contributed by atoms with Gasteiger partial charge in [0.1, 0.15) is 23.2 Å². The van der Waals surface area contributed by atoms with Crippen LogP contribution in [0.4, 0.5) is 9.39 Å². The van der Waals surface area contributed by atoms with Gasteiger partial charge in [-0.1, -0.05) is 18.2 Å². The summed E-state index contributed by atoms with van der Waals surface area (Å²) in [5.74, 6) is 0.155. The fraction of sp³-hybridized carbons (Fsp3) is 0.280. The van der Waals surface area contributed by atoms with Crippen LogP contribution in [-0.4, -0.2) is 18.8 Å². The van der Waals surface area contributed by atoms with Crippen LogP contribution in [0.2, 0.25) is 0 Å². The molecule has 1 aliphatic rings. The fourth-order valence-corrected chi connectivity index (χ4v) is 7.10. The first-order valence-corrected chi connectivity index (χ1v) is 13.7. The van der Waals surface area contributed by atoms with Crippen LogP contribution in [0.3, 0.4) is 0 Å². The lowest BCUT2D eigenvalue weighted by molar-refractivity contribution is 0.0526. The van der Waals surface area contributed by atoms with Gasteiger partial charge < -0.3 is 9.47 Å². The Bertz CT molecular complexity index is 1190. The Morgan fingerprint density at radius 2 is 1.91 bits per heavy atom. The average molecular weight is 689 g/mol. The van der Waals surface area contributed by atoms with Gasteiger partial charge in [-0.15, -0.1) is 11.3 Å². The molecule has 3 aromatic rings. The van der Waals surface area contributed by atoms with E-state index < -0.39 is 0 Å². The van der Waals surface area contributed by atoms with Crippen LogP contribution in [0, 0.1) is 13.0 Å². The minimum Gasteiger partial charge on any atom is -0.487 e. The molecule has 1 heterocycles. The van der Waals surface area contributed by atoms with Gasteiger partial charge in [-0.05, 0) is 107 Å². The van der Waals surface area contributed by atoms with E-state index in [9.17, 15) is 9.18 Å². The van der Waals surface area contributed by atoms with Gasteiger partial charge in [0.2, 0.25) is 0 Å². The standard InChI is InChI=1S/C25H22FI2NO3S/c1-2-31-25(30)22-17-8-4-6-10-21(17)33-24(22)29-13-15-11-19(27)23(20(28)12-15)32-14-16-7-3-5-9-18(16)26/h3,5,7,9,11-13H,2,4,6,8,10,14H2,1H3. The highest BCUT2D eigenvalue weighted by Crippen LogP contribution is 2.40. The van der Waals surface area contributed by atoms with Gasteiger partial charge in [0.15, 0.2) is 0 Å². The largest absolute Gasteiger partial charge is 0.487 e. The number of carbonyl (C=O) groups is 1. The van der Waals surface area contributed by atoms with E-state index in [0.29, 0.717) is 22.7 Å². The molecule has 0 radical (unpaired) electrons. The molecule has 4 rings (SSSR count). The number of hydrogen-bond acceptors (Lipinski definition) is 5. The van der Waals surface area contributed by atoms with Crippen LogP contribution >= 0.6 is 56.5 Å². The van der Waals surface area contributed by atoms with Gasteiger partial charge in [-0.2, -0.15) is 0 Å². The predicted octanol–water partition coefficient (Wildman–Crippen LogP) is 7.48. The molecule has 1 aromatic heterocycles. The number of halogens is 3. The number of benzene rings is 2. The number of aliphatic imine (C=N–C) groups is 1. The SMILES string of the molecule is CCOC(=O)c1c(N=Cc2cc(I)c(OCc3ccccc3F)c(I)c2)sc2c1CCCC2. The van der Waals surface area contributed by atoms with Crippen molar-refractivity contribution in [2.24, 2.45) is 4.99 Å². The summed E-state index contributed by atoms with van der Waals surface area (Å²) in [6.07, 6.45) is 5.91. The highest BCUT2D eigenvalue weighted by atomic mass is 127. The second kappa shape index (κ2) is 11.3. The summed E-state index contributed by atoms with van der Waals surface area (Å²) in [6.45, 7) is 2.33. The van der Waals surface area contributed by atoms with Crippen LogP contribution in [-0.2, 0) is 24.2 Å². The van der Waals surface area contributed by atoms with Crippen molar-refractivity contribution in [3.05, 3.63) is 76.5 Å². The van der Waals surface area contributed by atoms with Gasteiger partial charge >= 0.3 is 5.97 Å². The summed E-state index contributed by atoms with van der Waals surface area (Å²) in [5.41, 5.74) is 3.16. The molecule has 0 saturated carbocycles. The molecule has 0 saturated heterocycles. The maximum Gasteiger partial charge on any atom is 0.341 e. The van der Waals surface area contributed by atoms with Gasteiger partial charge in [-0.25, -0.2) is 14.2 Å². The van der Waals surface area contributed by atoms with Crippen LogP contribution < -0.4 is 4.74 Å². The number of hydrogen-bond donors (Lipinski definition) is 0. The van der Waals surface area contributed by atoms with Crippen molar-refractivity contribution < 1.29 is 18.7 Å². The number of carbonyl (C=O) groups excluding carboxylic acids is 1. The number of esters is 1.